The molecule has 0 saturated heterocycles. The highest BCUT2D eigenvalue weighted by molar-refractivity contribution is 5.93. The molecule has 0 atom stereocenters. The molecule has 0 aromatic heterocycles. The fourth-order valence-corrected chi connectivity index (χ4v) is 2.50. The van der Waals surface area contributed by atoms with Crippen LogP contribution in [0, 0.1) is 5.92 Å². The molecule has 0 bridgehead atoms. The summed E-state index contributed by atoms with van der Waals surface area (Å²) in [6.45, 7) is 3.81. The van der Waals surface area contributed by atoms with Crippen LogP contribution >= 0.6 is 0 Å². The van der Waals surface area contributed by atoms with E-state index in [-0.39, 0.29) is 23.9 Å². The van der Waals surface area contributed by atoms with Crippen molar-refractivity contribution in [2.24, 2.45) is 5.92 Å². The molecule has 1 fully saturated rings. The summed E-state index contributed by atoms with van der Waals surface area (Å²) in [6, 6.07) is 7.03. The molecule has 1 aliphatic carbocycles. The number of urea groups is 1. The predicted molar refractivity (Wildman–Crippen MR) is 84.3 cm³/mol. The first kappa shape index (κ1) is 15.4. The van der Waals surface area contributed by atoms with Crippen LogP contribution in [0.2, 0.25) is 0 Å². The molecule has 1 aliphatic rings. The monoisotopic (exact) mass is 289 g/mol. The van der Waals surface area contributed by atoms with Crippen molar-refractivity contribution in [3.63, 3.8) is 0 Å². The molecule has 2 rings (SSSR count). The van der Waals surface area contributed by atoms with Crippen molar-refractivity contribution in [3.05, 3.63) is 24.3 Å². The Morgan fingerprint density at radius 3 is 2.05 bits per heavy atom. The summed E-state index contributed by atoms with van der Waals surface area (Å²) in [5.41, 5.74) is 1.47. The summed E-state index contributed by atoms with van der Waals surface area (Å²) >= 11 is 0. The highest BCUT2D eigenvalue weighted by Gasteiger charge is 2.22. The Morgan fingerprint density at radius 1 is 1.00 bits per heavy atom. The van der Waals surface area contributed by atoms with Crippen molar-refractivity contribution in [1.29, 1.82) is 0 Å². The Bertz CT molecular complexity index is 491. The zero-order valence-electron chi connectivity index (χ0n) is 12.6. The van der Waals surface area contributed by atoms with E-state index in [0.29, 0.717) is 5.69 Å². The number of carbonyl (C=O) groups is 2. The molecule has 1 aromatic carbocycles. The molecule has 0 heterocycles. The van der Waals surface area contributed by atoms with Gasteiger partial charge in [-0.1, -0.05) is 12.8 Å². The van der Waals surface area contributed by atoms with Crippen molar-refractivity contribution in [3.8, 4) is 0 Å². The minimum Gasteiger partial charge on any atom is -0.336 e. The van der Waals surface area contributed by atoms with Gasteiger partial charge in [-0.05, 0) is 51.0 Å². The van der Waals surface area contributed by atoms with Gasteiger partial charge < -0.3 is 16.0 Å². The SMILES string of the molecule is CC(C)NC(=O)Nc1ccc(NC(=O)C2CCCC2)cc1. The second-order valence-corrected chi connectivity index (χ2v) is 5.80. The number of benzene rings is 1. The lowest BCUT2D eigenvalue weighted by Crippen LogP contribution is -2.34. The van der Waals surface area contributed by atoms with Crippen LogP contribution in [0.5, 0.6) is 0 Å². The summed E-state index contributed by atoms with van der Waals surface area (Å²) in [7, 11) is 0. The molecule has 1 saturated carbocycles. The van der Waals surface area contributed by atoms with Crippen molar-refractivity contribution in [1.82, 2.24) is 5.32 Å². The van der Waals surface area contributed by atoms with Gasteiger partial charge in [0.05, 0.1) is 0 Å². The lowest BCUT2D eigenvalue weighted by molar-refractivity contribution is -0.119. The second kappa shape index (κ2) is 7.11. The molecule has 5 nitrogen and oxygen atoms in total. The molecule has 3 amide bonds. The smallest absolute Gasteiger partial charge is 0.319 e. The minimum atomic E-state index is -0.229. The highest BCUT2D eigenvalue weighted by atomic mass is 16.2. The Balaban J connectivity index is 1.86. The van der Waals surface area contributed by atoms with Crippen LogP contribution in [0.3, 0.4) is 0 Å². The van der Waals surface area contributed by atoms with E-state index in [1.807, 2.05) is 13.8 Å². The lowest BCUT2D eigenvalue weighted by atomic mass is 10.1. The van der Waals surface area contributed by atoms with Gasteiger partial charge in [-0.2, -0.15) is 0 Å². The average Bonchev–Trinajstić information content (AvgIpc) is 2.94. The molecule has 1 aromatic rings. The van der Waals surface area contributed by atoms with Crippen LogP contribution in [0.25, 0.3) is 0 Å². The van der Waals surface area contributed by atoms with E-state index in [0.717, 1.165) is 31.4 Å². The average molecular weight is 289 g/mol. The summed E-state index contributed by atoms with van der Waals surface area (Å²) < 4.78 is 0. The van der Waals surface area contributed by atoms with Crippen LogP contribution in [-0.4, -0.2) is 18.0 Å². The second-order valence-electron chi connectivity index (χ2n) is 5.80. The quantitative estimate of drug-likeness (QED) is 0.795. The standard InChI is InChI=1S/C16H23N3O2/c1-11(2)17-16(21)19-14-9-7-13(8-10-14)18-15(20)12-5-3-4-6-12/h7-12H,3-6H2,1-2H3,(H,18,20)(H2,17,19,21). The van der Waals surface area contributed by atoms with Gasteiger partial charge in [0.15, 0.2) is 0 Å². The van der Waals surface area contributed by atoms with E-state index in [1.165, 1.54) is 0 Å². The molecule has 21 heavy (non-hydrogen) atoms. The first-order valence-corrected chi connectivity index (χ1v) is 7.53. The Kier molecular flexibility index (Phi) is 5.20. The van der Waals surface area contributed by atoms with E-state index < -0.39 is 0 Å². The largest absolute Gasteiger partial charge is 0.336 e. The topological polar surface area (TPSA) is 70.2 Å². The molecule has 5 heteroatoms. The Morgan fingerprint density at radius 2 is 1.52 bits per heavy atom. The first-order chi connectivity index (χ1) is 10.0. The molecular formula is C16H23N3O2. The lowest BCUT2D eigenvalue weighted by Gasteiger charge is -2.12. The fourth-order valence-electron chi connectivity index (χ4n) is 2.50. The number of anilines is 2. The zero-order chi connectivity index (χ0) is 15.2. The zero-order valence-corrected chi connectivity index (χ0v) is 12.6. The van der Waals surface area contributed by atoms with Crippen LogP contribution in [-0.2, 0) is 4.79 Å². The third-order valence-electron chi connectivity index (χ3n) is 3.56. The van der Waals surface area contributed by atoms with Gasteiger partial charge in [0.1, 0.15) is 0 Å². The minimum absolute atomic E-state index is 0.0926. The summed E-state index contributed by atoms with van der Waals surface area (Å²) in [6.07, 6.45) is 4.26. The van der Waals surface area contributed by atoms with E-state index in [4.69, 9.17) is 0 Å². The predicted octanol–water partition coefficient (Wildman–Crippen LogP) is 3.35. The van der Waals surface area contributed by atoms with Crippen molar-refractivity contribution in [2.45, 2.75) is 45.6 Å². The van der Waals surface area contributed by atoms with Gasteiger partial charge >= 0.3 is 6.03 Å². The molecule has 3 N–H and O–H groups in total. The fraction of sp³-hybridized carbons (Fsp3) is 0.500. The molecule has 0 unspecified atom stereocenters. The van der Waals surface area contributed by atoms with Gasteiger partial charge in [0.25, 0.3) is 0 Å². The molecule has 0 radical (unpaired) electrons. The maximum absolute atomic E-state index is 12.0. The van der Waals surface area contributed by atoms with E-state index >= 15 is 0 Å². The summed E-state index contributed by atoms with van der Waals surface area (Å²) in [4.78, 5) is 23.6. The molecular weight excluding hydrogens is 266 g/mol. The number of amides is 3. The van der Waals surface area contributed by atoms with Crippen molar-refractivity contribution >= 4 is 23.3 Å². The van der Waals surface area contributed by atoms with Gasteiger partial charge in [0.2, 0.25) is 5.91 Å². The first-order valence-electron chi connectivity index (χ1n) is 7.53. The highest BCUT2D eigenvalue weighted by Crippen LogP contribution is 2.26. The third kappa shape index (κ3) is 4.77. The van der Waals surface area contributed by atoms with Crippen molar-refractivity contribution in [2.75, 3.05) is 10.6 Å². The van der Waals surface area contributed by atoms with Gasteiger partial charge in [-0.3, -0.25) is 4.79 Å². The van der Waals surface area contributed by atoms with E-state index in [9.17, 15) is 9.59 Å². The van der Waals surface area contributed by atoms with Gasteiger partial charge in [0, 0.05) is 23.3 Å². The number of nitrogens with one attached hydrogen (secondary N) is 3. The van der Waals surface area contributed by atoms with Gasteiger partial charge in [-0.15, -0.1) is 0 Å². The van der Waals surface area contributed by atoms with Gasteiger partial charge in [-0.25, -0.2) is 4.79 Å². The van der Waals surface area contributed by atoms with Crippen LogP contribution < -0.4 is 16.0 Å². The Labute approximate surface area is 125 Å². The van der Waals surface area contributed by atoms with Crippen LogP contribution in [0.1, 0.15) is 39.5 Å². The molecule has 0 aliphatic heterocycles. The van der Waals surface area contributed by atoms with Crippen LogP contribution in [0.4, 0.5) is 16.2 Å². The maximum Gasteiger partial charge on any atom is 0.319 e. The van der Waals surface area contributed by atoms with E-state index in [1.54, 1.807) is 24.3 Å². The number of hydrogen-bond donors (Lipinski definition) is 3. The summed E-state index contributed by atoms with van der Waals surface area (Å²) in [5, 5.41) is 8.43. The molecule has 114 valence electrons. The number of hydrogen-bond acceptors (Lipinski definition) is 2. The number of carbonyl (C=O) groups excluding carboxylic acids is 2. The maximum atomic E-state index is 12.0. The van der Waals surface area contributed by atoms with Crippen LogP contribution in [0.15, 0.2) is 24.3 Å². The summed E-state index contributed by atoms with van der Waals surface area (Å²) in [5.74, 6) is 0.255. The molecule has 0 spiro atoms. The Hall–Kier alpha value is -2.04. The van der Waals surface area contributed by atoms with Crippen molar-refractivity contribution < 1.29 is 9.59 Å². The van der Waals surface area contributed by atoms with E-state index in [2.05, 4.69) is 16.0 Å². The number of rotatable bonds is 4. The normalized spacial score (nSPS) is 15.0. The third-order valence-corrected chi connectivity index (χ3v) is 3.56.